The number of methoxy groups -OCH3 is 1. The summed E-state index contributed by atoms with van der Waals surface area (Å²) in [5.74, 6) is 0.488. The number of hydrogen-bond donors (Lipinski definition) is 2. The topological polar surface area (TPSA) is 103 Å². The maximum Gasteiger partial charge on any atom is 0.421 e. The lowest BCUT2D eigenvalue weighted by Crippen LogP contribution is -2.48. The van der Waals surface area contributed by atoms with Crippen LogP contribution in [0.5, 0.6) is 5.75 Å². The third-order valence-electron chi connectivity index (χ3n) is 9.06. The van der Waals surface area contributed by atoms with E-state index in [1.165, 1.54) is 7.11 Å². The van der Waals surface area contributed by atoms with Crippen molar-refractivity contribution in [1.29, 1.82) is 0 Å². The molecular formula is C35H44F3N7O3. The van der Waals surface area contributed by atoms with Crippen LogP contribution in [0.2, 0.25) is 0 Å². The quantitative estimate of drug-likeness (QED) is 0.246. The summed E-state index contributed by atoms with van der Waals surface area (Å²) >= 11 is 0. The van der Waals surface area contributed by atoms with Gasteiger partial charge < -0.3 is 30.1 Å². The molecule has 2 heterocycles. The fourth-order valence-corrected chi connectivity index (χ4v) is 6.42. The summed E-state index contributed by atoms with van der Waals surface area (Å²) in [7, 11) is 5.51. The van der Waals surface area contributed by atoms with Crippen molar-refractivity contribution in [2.24, 2.45) is 0 Å². The molecule has 5 rings (SSSR count). The number of anilines is 4. The third kappa shape index (κ3) is 8.36. The smallest absolute Gasteiger partial charge is 0.421 e. The number of ketones is 1. The molecule has 2 N–H and O–H groups in total. The molecule has 0 radical (unpaired) electrons. The lowest BCUT2D eigenvalue weighted by molar-refractivity contribution is -0.137. The average molecular weight is 668 g/mol. The van der Waals surface area contributed by atoms with Crippen LogP contribution in [0.3, 0.4) is 0 Å². The molecule has 0 spiro atoms. The zero-order chi connectivity index (χ0) is 34.4. The summed E-state index contributed by atoms with van der Waals surface area (Å²) in [6, 6.07) is 11.2. The molecule has 2 aromatic carbocycles. The lowest BCUT2D eigenvalue weighted by Gasteiger charge is -2.36. The normalized spacial score (nSPS) is 16.6. The van der Waals surface area contributed by atoms with Gasteiger partial charge in [-0.1, -0.05) is 25.1 Å². The van der Waals surface area contributed by atoms with E-state index < -0.39 is 11.7 Å². The average Bonchev–Trinajstić information content (AvgIpc) is 3.06. The van der Waals surface area contributed by atoms with E-state index in [0.717, 1.165) is 48.0 Å². The number of hydrogen-bond acceptors (Lipinski definition) is 9. The van der Waals surface area contributed by atoms with E-state index in [-0.39, 0.29) is 42.3 Å². The Morgan fingerprint density at radius 3 is 2.58 bits per heavy atom. The highest BCUT2D eigenvalue weighted by atomic mass is 19.4. The van der Waals surface area contributed by atoms with Crippen LogP contribution >= 0.6 is 0 Å². The van der Waals surface area contributed by atoms with Crippen LogP contribution in [0, 0.1) is 0 Å². The van der Waals surface area contributed by atoms with E-state index in [2.05, 4.69) is 30.4 Å². The largest absolute Gasteiger partial charge is 0.494 e. The number of amides is 1. The first-order chi connectivity index (χ1) is 23.0. The van der Waals surface area contributed by atoms with Crippen LogP contribution in [0.4, 0.5) is 36.3 Å². The summed E-state index contributed by atoms with van der Waals surface area (Å²) in [4.78, 5) is 39.4. The third-order valence-corrected chi connectivity index (χ3v) is 9.06. The number of aromatic nitrogens is 2. The Kier molecular flexibility index (Phi) is 11.1. The molecule has 0 unspecified atom stereocenters. The highest BCUT2D eigenvalue weighted by molar-refractivity contribution is 5.84. The molecular weight excluding hydrogens is 623 g/mol. The molecule has 1 amide bonds. The number of nitrogens with one attached hydrogen (secondary N) is 2. The molecule has 1 aliphatic carbocycles. The number of fused-ring (bicyclic) bond motifs is 1. The number of alkyl halides is 3. The predicted molar refractivity (Wildman–Crippen MR) is 180 cm³/mol. The summed E-state index contributed by atoms with van der Waals surface area (Å²) in [6.45, 7) is 5.57. The zero-order valence-electron chi connectivity index (χ0n) is 28.0. The molecule has 1 aromatic heterocycles. The van der Waals surface area contributed by atoms with Crippen LogP contribution in [-0.2, 0) is 28.7 Å². The molecule has 1 atom stereocenters. The fraction of sp³-hybridized carbons (Fsp3) is 0.486. The minimum Gasteiger partial charge on any atom is -0.494 e. The number of rotatable bonds is 12. The number of halogens is 3. The van der Waals surface area contributed by atoms with Crippen LogP contribution in [0.15, 0.2) is 42.6 Å². The number of Topliss-reactive ketones (excluding diaryl/α,β-unsaturated/α-hetero) is 1. The molecule has 1 saturated heterocycles. The van der Waals surface area contributed by atoms with Crippen LogP contribution in [0.1, 0.15) is 60.8 Å². The minimum absolute atomic E-state index is 0.0331. The fourth-order valence-electron chi connectivity index (χ4n) is 6.42. The highest BCUT2D eigenvalue weighted by Gasteiger charge is 2.35. The first kappa shape index (κ1) is 34.9. The van der Waals surface area contributed by atoms with Gasteiger partial charge in [-0.05, 0) is 68.2 Å². The lowest BCUT2D eigenvalue weighted by atomic mass is 9.79. The van der Waals surface area contributed by atoms with Gasteiger partial charge in [-0.15, -0.1) is 0 Å². The van der Waals surface area contributed by atoms with Crippen LogP contribution < -0.4 is 20.3 Å². The van der Waals surface area contributed by atoms with Crippen molar-refractivity contribution < 1.29 is 27.5 Å². The number of benzene rings is 2. The van der Waals surface area contributed by atoms with Crippen molar-refractivity contribution in [2.45, 2.75) is 57.7 Å². The van der Waals surface area contributed by atoms with Gasteiger partial charge in [0.05, 0.1) is 12.8 Å². The minimum atomic E-state index is -4.68. The first-order valence-corrected chi connectivity index (χ1v) is 16.4. The summed E-state index contributed by atoms with van der Waals surface area (Å²) in [5, 5.41) is 5.89. The van der Waals surface area contributed by atoms with E-state index in [4.69, 9.17) is 4.74 Å². The number of ether oxygens (including phenoxy) is 1. The number of nitrogens with zero attached hydrogens (tertiary/aromatic N) is 5. The highest BCUT2D eigenvalue weighted by Crippen LogP contribution is 2.37. The van der Waals surface area contributed by atoms with Crippen molar-refractivity contribution in [1.82, 2.24) is 19.8 Å². The molecule has 3 aromatic rings. The zero-order valence-corrected chi connectivity index (χ0v) is 28.0. The number of carbonyl (C=O) groups excluding carboxylic acids is 2. The van der Waals surface area contributed by atoms with Gasteiger partial charge in [-0.2, -0.15) is 18.2 Å². The summed E-state index contributed by atoms with van der Waals surface area (Å²) in [5.41, 5.74) is 3.14. The van der Waals surface area contributed by atoms with Crippen molar-refractivity contribution in [2.75, 3.05) is 69.5 Å². The first-order valence-electron chi connectivity index (χ1n) is 16.4. The second-order valence-corrected chi connectivity index (χ2v) is 12.6. The molecule has 1 aliphatic heterocycles. The molecule has 1 fully saturated rings. The van der Waals surface area contributed by atoms with Gasteiger partial charge in [0.15, 0.2) is 0 Å². The monoisotopic (exact) mass is 667 g/mol. The van der Waals surface area contributed by atoms with Gasteiger partial charge in [-0.25, -0.2) is 4.98 Å². The van der Waals surface area contributed by atoms with Gasteiger partial charge in [0.2, 0.25) is 11.9 Å². The van der Waals surface area contributed by atoms with Crippen LogP contribution in [-0.4, -0.2) is 85.4 Å². The summed E-state index contributed by atoms with van der Waals surface area (Å²) < 4.78 is 47.7. The van der Waals surface area contributed by atoms with E-state index >= 15 is 0 Å². The Labute approximate surface area is 279 Å². The van der Waals surface area contributed by atoms with Gasteiger partial charge in [0.25, 0.3) is 0 Å². The Balaban J connectivity index is 1.29. The molecule has 258 valence electrons. The Bertz CT molecular complexity index is 1610. The molecule has 0 bridgehead atoms. The molecule has 2 aliphatic rings. The van der Waals surface area contributed by atoms with E-state index in [0.29, 0.717) is 50.5 Å². The van der Waals surface area contributed by atoms with Crippen LogP contribution in [0.25, 0.3) is 0 Å². The number of piperazine rings is 1. The molecule has 0 saturated carbocycles. The standard InChI is InChI=1S/C35H44F3N7O3/c1-5-23-18-26(46)20-28-24(8-6-9-27(23)28)21-39-33-29(35(36,37)38)22-40-34(42-33)41-30-12-11-25(19-31(30)48-4)44-14-16-45(17-15-44)32(47)10-7-13-43(2)3/h6,8-9,11-12,19,22-23H,5,7,10,13-18,20-21H2,1-4H3,(H2,39,40,41,42)/t23-/m0/s1. The van der Waals surface area contributed by atoms with Crippen molar-refractivity contribution >= 4 is 34.8 Å². The van der Waals surface area contributed by atoms with Gasteiger partial charge in [0.1, 0.15) is 22.9 Å². The van der Waals surface area contributed by atoms with Crippen molar-refractivity contribution in [3.8, 4) is 5.75 Å². The Hall–Kier alpha value is -4.39. The number of carbonyl (C=O) groups is 2. The molecule has 13 heteroatoms. The maximum atomic E-state index is 14.0. The second kappa shape index (κ2) is 15.2. The van der Waals surface area contributed by atoms with Crippen molar-refractivity contribution in [3.63, 3.8) is 0 Å². The maximum absolute atomic E-state index is 14.0. The van der Waals surface area contributed by atoms with E-state index in [9.17, 15) is 22.8 Å². The molecule has 10 nitrogen and oxygen atoms in total. The SMILES string of the molecule is CC[C@H]1CC(=O)Cc2c(CNc3nc(Nc4ccc(N5CCN(C(=O)CCCN(C)C)CC5)cc4OC)ncc3C(F)(F)F)cccc21. The van der Waals surface area contributed by atoms with E-state index in [1.54, 1.807) is 6.07 Å². The van der Waals surface area contributed by atoms with E-state index in [1.807, 2.05) is 56.3 Å². The molecule has 48 heavy (non-hydrogen) atoms. The van der Waals surface area contributed by atoms with Gasteiger partial charge in [-0.3, -0.25) is 9.59 Å². The predicted octanol–water partition coefficient (Wildman–Crippen LogP) is 5.86. The van der Waals surface area contributed by atoms with Gasteiger partial charge >= 0.3 is 6.18 Å². The summed E-state index contributed by atoms with van der Waals surface area (Å²) in [6.07, 6.45) is -0.990. The second-order valence-electron chi connectivity index (χ2n) is 12.6. The Morgan fingerprint density at radius 2 is 1.90 bits per heavy atom. The Morgan fingerprint density at radius 1 is 1.12 bits per heavy atom. The van der Waals surface area contributed by atoms with Crippen molar-refractivity contribution in [3.05, 3.63) is 64.8 Å². The van der Waals surface area contributed by atoms with Gasteiger partial charge in [0, 0.05) is 69.9 Å².